The van der Waals surface area contributed by atoms with Crippen LogP contribution in [-0.4, -0.2) is 68.5 Å². The van der Waals surface area contributed by atoms with Gasteiger partial charge in [-0.3, -0.25) is 19.3 Å². The fraction of sp³-hybridized carbons (Fsp3) is 0.394. The molecule has 0 aliphatic heterocycles. The first-order valence-corrected chi connectivity index (χ1v) is 17.4. The van der Waals surface area contributed by atoms with Gasteiger partial charge in [0.15, 0.2) is 5.78 Å². The molecule has 3 rings (SSSR count). The lowest BCUT2D eigenvalue weighted by atomic mass is 9.99. The second-order valence-corrected chi connectivity index (χ2v) is 14.2. The fourth-order valence-corrected chi connectivity index (χ4v) is 5.86. The molecule has 266 valence electrons. The summed E-state index contributed by atoms with van der Waals surface area (Å²) in [6, 6.07) is 11.6. The van der Waals surface area contributed by atoms with Gasteiger partial charge in [0.1, 0.15) is 17.4 Å². The van der Waals surface area contributed by atoms with Crippen molar-refractivity contribution in [2.24, 2.45) is 5.14 Å². The predicted octanol–water partition coefficient (Wildman–Crippen LogP) is 5.59. The number of esters is 3. The minimum absolute atomic E-state index is 0.116. The number of Topliss-reactive ketones (excluding diaryl/α,β-unsaturated/α-hetero) is 1. The number of anilines is 1. The highest BCUT2D eigenvalue weighted by Gasteiger charge is 2.32. The molecule has 0 spiro atoms. The minimum Gasteiger partial charge on any atom is -0.467 e. The van der Waals surface area contributed by atoms with Crippen LogP contribution in [0.5, 0.6) is 0 Å². The van der Waals surface area contributed by atoms with Gasteiger partial charge in [0.25, 0.3) is 0 Å². The van der Waals surface area contributed by atoms with Gasteiger partial charge in [-0.15, -0.1) is 0 Å². The highest BCUT2D eigenvalue weighted by Crippen LogP contribution is 2.29. The van der Waals surface area contributed by atoms with Crippen molar-refractivity contribution in [1.82, 2.24) is 4.90 Å². The number of furan rings is 1. The van der Waals surface area contributed by atoms with Crippen molar-refractivity contribution in [3.8, 4) is 0 Å². The number of ketones is 1. The van der Waals surface area contributed by atoms with E-state index in [1.54, 1.807) is 48.2 Å². The standard InChI is InChI=1S/C33H39Cl2N3O10S/c1-21(31(41)22-8-5-9-23(34)16-22)38(33(2,3)4)20-48-30(40)12-11-29(39)46-14-7-15-47-32(42)25-17-28(49(36,43)44)26(35)18-27(25)37-19-24-10-6-13-45-24/h5-6,8-10,13,16-18,21,37H,7,11-12,14-15,19-20H2,1-4H3,(H2,36,43,44). The van der Waals surface area contributed by atoms with E-state index in [4.69, 9.17) is 47.0 Å². The fourth-order valence-electron chi connectivity index (χ4n) is 4.57. The van der Waals surface area contributed by atoms with Crippen molar-refractivity contribution in [2.75, 3.05) is 25.3 Å². The first-order chi connectivity index (χ1) is 23.0. The minimum atomic E-state index is -4.25. The third-order valence-electron chi connectivity index (χ3n) is 7.13. The normalized spacial score (nSPS) is 12.3. The van der Waals surface area contributed by atoms with Crippen molar-refractivity contribution in [2.45, 2.75) is 70.0 Å². The van der Waals surface area contributed by atoms with E-state index < -0.39 is 44.4 Å². The van der Waals surface area contributed by atoms with E-state index in [0.29, 0.717) is 16.3 Å². The number of carbonyl (C=O) groups excluding carboxylic acids is 4. The van der Waals surface area contributed by atoms with Gasteiger partial charge >= 0.3 is 17.9 Å². The van der Waals surface area contributed by atoms with Crippen LogP contribution in [0.25, 0.3) is 0 Å². The zero-order valence-electron chi connectivity index (χ0n) is 27.5. The van der Waals surface area contributed by atoms with Gasteiger partial charge in [0, 0.05) is 22.5 Å². The number of halogens is 2. The van der Waals surface area contributed by atoms with Gasteiger partial charge in [-0.05, 0) is 64.1 Å². The van der Waals surface area contributed by atoms with Gasteiger partial charge < -0.3 is 23.9 Å². The number of benzene rings is 2. The molecule has 1 aromatic heterocycles. The molecule has 3 N–H and O–H groups in total. The molecule has 13 nitrogen and oxygen atoms in total. The van der Waals surface area contributed by atoms with Crippen LogP contribution >= 0.6 is 23.2 Å². The first-order valence-electron chi connectivity index (χ1n) is 15.1. The molecule has 1 unspecified atom stereocenters. The zero-order chi connectivity index (χ0) is 36.4. The Bertz CT molecular complexity index is 1740. The zero-order valence-corrected chi connectivity index (χ0v) is 29.8. The van der Waals surface area contributed by atoms with Crippen LogP contribution in [-0.2, 0) is 40.4 Å². The summed E-state index contributed by atoms with van der Waals surface area (Å²) in [7, 11) is -4.25. The van der Waals surface area contributed by atoms with Crippen molar-refractivity contribution < 1.29 is 46.2 Å². The van der Waals surface area contributed by atoms with Crippen LogP contribution in [0.2, 0.25) is 10.0 Å². The summed E-state index contributed by atoms with van der Waals surface area (Å²) < 4.78 is 45.0. The number of primary sulfonamides is 1. The molecule has 49 heavy (non-hydrogen) atoms. The third kappa shape index (κ3) is 12.2. The van der Waals surface area contributed by atoms with Crippen LogP contribution in [0.3, 0.4) is 0 Å². The molecule has 0 amide bonds. The van der Waals surface area contributed by atoms with Crippen molar-refractivity contribution >= 4 is 62.6 Å². The number of nitrogens with two attached hydrogens (primary N) is 1. The van der Waals surface area contributed by atoms with Crippen LogP contribution in [0.15, 0.2) is 64.1 Å². The Kier molecular flexibility index (Phi) is 14.2. The number of sulfonamides is 1. The van der Waals surface area contributed by atoms with E-state index in [2.05, 4.69) is 5.32 Å². The van der Waals surface area contributed by atoms with Crippen molar-refractivity contribution in [3.05, 3.63) is 81.7 Å². The number of nitrogens with one attached hydrogen (secondary N) is 1. The third-order valence-corrected chi connectivity index (χ3v) is 8.74. The second kappa shape index (κ2) is 17.6. The molecule has 0 aliphatic rings. The summed E-state index contributed by atoms with van der Waals surface area (Å²) in [6.45, 7) is 7.06. The number of rotatable bonds is 17. The van der Waals surface area contributed by atoms with E-state index in [9.17, 15) is 27.6 Å². The summed E-state index contributed by atoms with van der Waals surface area (Å²) in [5, 5.41) is 8.43. The second-order valence-electron chi connectivity index (χ2n) is 11.9. The lowest BCUT2D eigenvalue weighted by Gasteiger charge is -2.38. The molecule has 3 aromatic rings. The van der Waals surface area contributed by atoms with E-state index >= 15 is 0 Å². The van der Waals surface area contributed by atoms with E-state index in [1.807, 2.05) is 20.8 Å². The van der Waals surface area contributed by atoms with Gasteiger partial charge in [-0.1, -0.05) is 35.3 Å². The summed E-state index contributed by atoms with van der Waals surface area (Å²) in [5.74, 6) is -1.83. The van der Waals surface area contributed by atoms with Gasteiger partial charge in [0.2, 0.25) is 10.0 Å². The maximum absolute atomic E-state index is 13.1. The first kappa shape index (κ1) is 39.5. The van der Waals surface area contributed by atoms with Crippen LogP contribution in [0.4, 0.5) is 5.69 Å². The molecule has 0 saturated heterocycles. The Morgan fingerprint density at radius 1 is 0.959 bits per heavy atom. The van der Waals surface area contributed by atoms with Crippen molar-refractivity contribution in [3.63, 3.8) is 0 Å². The SMILES string of the molecule is CC(C(=O)c1cccc(Cl)c1)N(COC(=O)CCC(=O)OCCCOC(=O)c1cc(S(N)(=O)=O)c(Cl)cc1NCc1ccco1)C(C)(C)C. The quantitative estimate of drug-likeness (QED) is 0.0576. The van der Waals surface area contributed by atoms with E-state index in [-0.39, 0.29) is 67.8 Å². The Morgan fingerprint density at radius 3 is 2.24 bits per heavy atom. The van der Waals surface area contributed by atoms with Gasteiger partial charge in [-0.25, -0.2) is 18.4 Å². The number of nitrogens with zero attached hydrogens (tertiary/aromatic N) is 1. The summed E-state index contributed by atoms with van der Waals surface area (Å²) in [4.78, 5) is 51.9. The Hall–Kier alpha value is -3.95. The smallest absolute Gasteiger partial charge is 0.340 e. The number of hydrogen-bond acceptors (Lipinski definition) is 12. The van der Waals surface area contributed by atoms with Gasteiger partial charge in [-0.2, -0.15) is 0 Å². The number of ether oxygens (including phenoxy) is 3. The lowest BCUT2D eigenvalue weighted by Crippen LogP contribution is -2.51. The van der Waals surface area contributed by atoms with Crippen LogP contribution in [0.1, 0.15) is 73.4 Å². The molecular formula is C33H39Cl2N3O10S. The molecule has 2 aromatic carbocycles. The molecule has 1 heterocycles. The average Bonchev–Trinajstić information content (AvgIpc) is 3.54. The average molecular weight is 741 g/mol. The summed E-state index contributed by atoms with van der Waals surface area (Å²) >= 11 is 12.1. The van der Waals surface area contributed by atoms with Gasteiger partial charge in [0.05, 0.1) is 61.2 Å². The Balaban J connectivity index is 1.45. The summed E-state index contributed by atoms with van der Waals surface area (Å²) in [5.41, 5.74) is -0.0532. The van der Waals surface area contributed by atoms with Crippen LogP contribution in [0, 0.1) is 0 Å². The number of carbonyl (C=O) groups is 4. The molecule has 0 bridgehead atoms. The molecule has 1 atom stereocenters. The topological polar surface area (TPSA) is 185 Å². The predicted molar refractivity (Wildman–Crippen MR) is 182 cm³/mol. The van der Waals surface area contributed by atoms with Crippen LogP contribution < -0.4 is 10.5 Å². The maximum atomic E-state index is 13.1. The molecule has 0 radical (unpaired) electrons. The Morgan fingerprint density at radius 2 is 1.63 bits per heavy atom. The Labute approximate surface area is 295 Å². The highest BCUT2D eigenvalue weighted by atomic mass is 35.5. The lowest BCUT2D eigenvalue weighted by molar-refractivity contribution is -0.155. The molecule has 0 fully saturated rings. The number of hydrogen-bond donors (Lipinski definition) is 2. The summed E-state index contributed by atoms with van der Waals surface area (Å²) in [6.07, 6.45) is 1.08. The van der Waals surface area contributed by atoms with E-state index in [1.165, 1.54) is 12.3 Å². The van der Waals surface area contributed by atoms with E-state index in [0.717, 1.165) is 6.07 Å². The molecule has 0 saturated carbocycles. The van der Waals surface area contributed by atoms with Crippen molar-refractivity contribution in [1.29, 1.82) is 0 Å². The highest BCUT2D eigenvalue weighted by molar-refractivity contribution is 7.89. The largest absolute Gasteiger partial charge is 0.467 e. The maximum Gasteiger partial charge on any atom is 0.340 e. The monoisotopic (exact) mass is 739 g/mol. The molecule has 16 heteroatoms. The molecule has 0 aliphatic carbocycles. The molecular weight excluding hydrogens is 701 g/mol.